The van der Waals surface area contributed by atoms with Crippen molar-refractivity contribution in [2.24, 2.45) is 5.92 Å². The van der Waals surface area contributed by atoms with Crippen molar-refractivity contribution in [1.82, 2.24) is 4.98 Å². The molecule has 1 heterocycles. The lowest BCUT2D eigenvalue weighted by atomic mass is 10.1. The molecule has 0 aromatic carbocycles. The topological polar surface area (TPSA) is 71.5 Å². The molecular formula is C12H18N2O3. The van der Waals surface area contributed by atoms with Gasteiger partial charge < -0.3 is 15.2 Å². The van der Waals surface area contributed by atoms with Gasteiger partial charge in [-0.15, -0.1) is 0 Å². The van der Waals surface area contributed by atoms with Crippen molar-refractivity contribution in [2.45, 2.75) is 13.3 Å². The minimum atomic E-state index is -0.376. The molecule has 94 valence electrons. The van der Waals surface area contributed by atoms with Gasteiger partial charge in [-0.1, -0.05) is 6.92 Å². The number of hydrogen-bond donors (Lipinski definition) is 2. The van der Waals surface area contributed by atoms with E-state index in [0.717, 1.165) is 6.42 Å². The molecule has 0 amide bonds. The summed E-state index contributed by atoms with van der Waals surface area (Å²) in [5.74, 6) is 0.611. The van der Waals surface area contributed by atoms with Crippen LogP contribution in [0.3, 0.4) is 0 Å². The Morgan fingerprint density at radius 1 is 1.65 bits per heavy atom. The third-order valence-corrected chi connectivity index (χ3v) is 2.43. The van der Waals surface area contributed by atoms with Crippen molar-refractivity contribution < 1.29 is 14.6 Å². The minimum Gasteiger partial charge on any atom is -0.465 e. The molecule has 1 aromatic heterocycles. The second-order valence-electron chi connectivity index (χ2n) is 3.92. The van der Waals surface area contributed by atoms with E-state index in [2.05, 4.69) is 15.0 Å². The number of carbonyl (C=O) groups is 1. The second kappa shape index (κ2) is 6.85. The van der Waals surface area contributed by atoms with Gasteiger partial charge in [-0.3, -0.25) is 0 Å². The van der Waals surface area contributed by atoms with Gasteiger partial charge in [0, 0.05) is 19.3 Å². The molecule has 0 aliphatic heterocycles. The van der Waals surface area contributed by atoms with Crippen molar-refractivity contribution in [2.75, 3.05) is 25.6 Å². The van der Waals surface area contributed by atoms with Crippen LogP contribution in [-0.2, 0) is 4.74 Å². The molecule has 1 atom stereocenters. The maximum atomic E-state index is 11.3. The zero-order chi connectivity index (χ0) is 12.7. The van der Waals surface area contributed by atoms with E-state index >= 15 is 0 Å². The average molecular weight is 238 g/mol. The van der Waals surface area contributed by atoms with Crippen LogP contribution < -0.4 is 5.32 Å². The quantitative estimate of drug-likeness (QED) is 0.731. The summed E-state index contributed by atoms with van der Waals surface area (Å²) in [4.78, 5) is 15.4. The number of nitrogens with zero attached hydrogens (tertiary/aromatic N) is 1. The molecular weight excluding hydrogens is 220 g/mol. The molecule has 17 heavy (non-hydrogen) atoms. The summed E-state index contributed by atoms with van der Waals surface area (Å²) in [6.07, 6.45) is 2.30. The largest absolute Gasteiger partial charge is 0.465 e. The fraction of sp³-hybridized carbons (Fsp3) is 0.500. The maximum Gasteiger partial charge on any atom is 0.338 e. The highest BCUT2D eigenvalue weighted by Gasteiger charge is 2.07. The molecule has 5 nitrogen and oxygen atoms in total. The van der Waals surface area contributed by atoms with Crippen LogP contribution in [0.2, 0.25) is 0 Å². The van der Waals surface area contributed by atoms with E-state index in [9.17, 15) is 4.79 Å². The van der Waals surface area contributed by atoms with Gasteiger partial charge in [-0.2, -0.15) is 0 Å². The van der Waals surface area contributed by atoms with Crippen molar-refractivity contribution in [3.63, 3.8) is 0 Å². The van der Waals surface area contributed by atoms with Crippen LogP contribution in [0.4, 0.5) is 5.82 Å². The molecule has 0 saturated heterocycles. The Bertz CT molecular complexity index is 369. The van der Waals surface area contributed by atoms with Gasteiger partial charge in [-0.05, 0) is 24.5 Å². The van der Waals surface area contributed by atoms with E-state index in [0.29, 0.717) is 23.8 Å². The smallest absolute Gasteiger partial charge is 0.338 e. The molecule has 1 unspecified atom stereocenters. The SMILES string of the molecule is COC(=O)c1ccnc(NCC(C)CCO)c1. The van der Waals surface area contributed by atoms with Crippen molar-refractivity contribution >= 4 is 11.8 Å². The molecule has 0 spiro atoms. The van der Waals surface area contributed by atoms with Gasteiger partial charge >= 0.3 is 5.97 Å². The predicted octanol–water partition coefficient (Wildman–Crippen LogP) is 1.30. The fourth-order valence-corrected chi connectivity index (χ4v) is 1.37. The van der Waals surface area contributed by atoms with Crippen molar-refractivity contribution in [1.29, 1.82) is 0 Å². The molecule has 0 fully saturated rings. The summed E-state index contributed by atoms with van der Waals surface area (Å²) in [7, 11) is 1.35. The fourth-order valence-electron chi connectivity index (χ4n) is 1.37. The monoisotopic (exact) mass is 238 g/mol. The summed E-state index contributed by atoms with van der Waals surface area (Å²) >= 11 is 0. The first-order valence-electron chi connectivity index (χ1n) is 5.56. The number of esters is 1. The molecule has 0 radical (unpaired) electrons. The van der Waals surface area contributed by atoms with E-state index in [1.54, 1.807) is 18.3 Å². The number of pyridine rings is 1. The predicted molar refractivity (Wildman–Crippen MR) is 64.9 cm³/mol. The Kier molecular flexibility index (Phi) is 5.42. The van der Waals surface area contributed by atoms with Crippen molar-refractivity contribution in [3.05, 3.63) is 23.9 Å². The summed E-state index contributed by atoms with van der Waals surface area (Å²) in [6.45, 7) is 2.92. The first kappa shape index (κ1) is 13.4. The Morgan fingerprint density at radius 3 is 3.06 bits per heavy atom. The molecule has 0 saturated carbocycles. The normalized spacial score (nSPS) is 11.9. The van der Waals surface area contributed by atoms with Crippen LogP contribution in [0.1, 0.15) is 23.7 Å². The Morgan fingerprint density at radius 2 is 2.41 bits per heavy atom. The molecule has 2 N–H and O–H groups in total. The molecule has 5 heteroatoms. The van der Waals surface area contributed by atoms with Gasteiger partial charge in [0.2, 0.25) is 0 Å². The maximum absolute atomic E-state index is 11.3. The molecule has 1 rings (SSSR count). The second-order valence-corrected chi connectivity index (χ2v) is 3.92. The number of aliphatic hydroxyl groups is 1. The number of nitrogens with one attached hydrogen (secondary N) is 1. The molecule has 0 aliphatic carbocycles. The first-order valence-corrected chi connectivity index (χ1v) is 5.56. The van der Waals surface area contributed by atoms with E-state index in [1.807, 2.05) is 6.92 Å². The van der Waals surface area contributed by atoms with Gasteiger partial charge in [-0.25, -0.2) is 9.78 Å². The van der Waals surface area contributed by atoms with Gasteiger partial charge in [0.15, 0.2) is 0 Å². The van der Waals surface area contributed by atoms with Crippen LogP contribution >= 0.6 is 0 Å². The van der Waals surface area contributed by atoms with E-state index in [-0.39, 0.29) is 12.6 Å². The van der Waals surface area contributed by atoms with Gasteiger partial charge in [0.05, 0.1) is 12.7 Å². The van der Waals surface area contributed by atoms with Crippen LogP contribution in [-0.4, -0.2) is 36.3 Å². The Balaban J connectivity index is 2.57. The lowest BCUT2D eigenvalue weighted by molar-refractivity contribution is 0.0600. The lowest BCUT2D eigenvalue weighted by Gasteiger charge is -2.11. The third-order valence-electron chi connectivity index (χ3n) is 2.43. The van der Waals surface area contributed by atoms with Crippen LogP contribution in [0.5, 0.6) is 0 Å². The number of aromatic nitrogens is 1. The van der Waals surface area contributed by atoms with Crippen LogP contribution in [0, 0.1) is 5.92 Å². The Hall–Kier alpha value is -1.62. The zero-order valence-electron chi connectivity index (χ0n) is 10.1. The minimum absolute atomic E-state index is 0.179. The van der Waals surface area contributed by atoms with E-state index in [1.165, 1.54) is 7.11 Å². The Labute approximate surface area is 101 Å². The molecule has 0 bridgehead atoms. The van der Waals surface area contributed by atoms with Crippen LogP contribution in [0.15, 0.2) is 18.3 Å². The number of carbonyl (C=O) groups excluding carboxylic acids is 1. The van der Waals surface area contributed by atoms with E-state index < -0.39 is 0 Å². The number of methoxy groups -OCH3 is 1. The first-order chi connectivity index (χ1) is 8.17. The number of hydrogen-bond acceptors (Lipinski definition) is 5. The molecule has 1 aromatic rings. The number of anilines is 1. The average Bonchev–Trinajstić information content (AvgIpc) is 2.36. The number of rotatable bonds is 6. The zero-order valence-corrected chi connectivity index (χ0v) is 10.1. The highest BCUT2D eigenvalue weighted by Crippen LogP contribution is 2.09. The summed E-state index contributed by atoms with van der Waals surface area (Å²) in [5.41, 5.74) is 0.472. The summed E-state index contributed by atoms with van der Waals surface area (Å²) in [5, 5.41) is 11.9. The highest BCUT2D eigenvalue weighted by atomic mass is 16.5. The summed E-state index contributed by atoms with van der Waals surface area (Å²) < 4.78 is 4.63. The van der Waals surface area contributed by atoms with Crippen molar-refractivity contribution in [3.8, 4) is 0 Å². The third kappa shape index (κ3) is 4.40. The standard InChI is InChI=1S/C12H18N2O3/c1-9(4-6-15)8-14-11-7-10(3-5-13-11)12(16)17-2/h3,5,7,9,15H,4,6,8H2,1-2H3,(H,13,14). The van der Waals surface area contributed by atoms with Gasteiger partial charge in [0.1, 0.15) is 5.82 Å². The lowest BCUT2D eigenvalue weighted by Crippen LogP contribution is -2.14. The van der Waals surface area contributed by atoms with Crippen LogP contribution in [0.25, 0.3) is 0 Å². The number of aliphatic hydroxyl groups excluding tert-OH is 1. The highest BCUT2D eigenvalue weighted by molar-refractivity contribution is 5.89. The number of ether oxygens (including phenoxy) is 1. The molecule has 0 aliphatic rings. The summed E-state index contributed by atoms with van der Waals surface area (Å²) in [6, 6.07) is 3.26. The van der Waals surface area contributed by atoms with E-state index in [4.69, 9.17) is 5.11 Å². The van der Waals surface area contributed by atoms with Gasteiger partial charge in [0.25, 0.3) is 0 Å².